The Morgan fingerprint density at radius 1 is 1.10 bits per heavy atom. The molecule has 0 aliphatic carbocycles. The lowest BCUT2D eigenvalue weighted by Crippen LogP contribution is -2.15. The summed E-state index contributed by atoms with van der Waals surface area (Å²) < 4.78 is 16.2. The molecule has 1 aliphatic rings. The molecule has 6 heteroatoms. The summed E-state index contributed by atoms with van der Waals surface area (Å²) >= 11 is 6.18. The third-order valence-corrected chi connectivity index (χ3v) is 3.49. The molecule has 0 saturated carbocycles. The van der Waals surface area contributed by atoms with Gasteiger partial charge in [-0.1, -0.05) is 11.6 Å². The lowest BCUT2D eigenvalue weighted by atomic mass is 10.2. The number of benzene rings is 2. The quantitative estimate of drug-likeness (QED) is 0.850. The summed E-state index contributed by atoms with van der Waals surface area (Å²) in [7, 11) is 1.60. The van der Waals surface area contributed by atoms with Gasteiger partial charge in [-0.15, -0.1) is 0 Å². The number of hydrogen-bond acceptors (Lipinski definition) is 5. The summed E-state index contributed by atoms with van der Waals surface area (Å²) in [6, 6.07) is 8.90. The zero-order chi connectivity index (χ0) is 14.8. The van der Waals surface area contributed by atoms with Gasteiger partial charge in [-0.3, -0.25) is 0 Å². The molecule has 0 atom stereocenters. The van der Waals surface area contributed by atoms with Gasteiger partial charge in [0.15, 0.2) is 11.5 Å². The van der Waals surface area contributed by atoms with Gasteiger partial charge in [-0.2, -0.15) is 0 Å². The van der Waals surface area contributed by atoms with Crippen LogP contribution >= 0.6 is 11.6 Å². The standard InChI is InChI=1S/C15H15ClN2O3/c1-19-9-2-3-10(16)12(6-9)18-13-8-15-14(7-11(13)17)20-4-5-21-15/h2-3,6-8,18H,4-5,17H2,1H3. The van der Waals surface area contributed by atoms with Crippen molar-refractivity contribution in [2.45, 2.75) is 0 Å². The SMILES string of the molecule is COc1ccc(Cl)c(Nc2cc3c(cc2N)OCCO3)c1. The van der Waals surface area contributed by atoms with Crippen molar-refractivity contribution in [3.63, 3.8) is 0 Å². The summed E-state index contributed by atoms with van der Waals surface area (Å²) in [5.41, 5.74) is 8.01. The Hall–Kier alpha value is -2.27. The first-order valence-electron chi connectivity index (χ1n) is 6.47. The molecule has 0 fully saturated rings. The normalized spacial score (nSPS) is 12.9. The monoisotopic (exact) mass is 306 g/mol. The second-order valence-corrected chi connectivity index (χ2v) is 4.96. The molecule has 0 radical (unpaired) electrons. The van der Waals surface area contributed by atoms with Crippen LogP contribution in [0.25, 0.3) is 0 Å². The van der Waals surface area contributed by atoms with Gasteiger partial charge < -0.3 is 25.3 Å². The molecule has 3 N–H and O–H groups in total. The molecule has 5 nitrogen and oxygen atoms in total. The molecule has 1 aliphatic heterocycles. The van der Waals surface area contributed by atoms with Gasteiger partial charge in [0.1, 0.15) is 19.0 Å². The molecule has 0 aromatic heterocycles. The van der Waals surface area contributed by atoms with Gasteiger partial charge in [-0.25, -0.2) is 0 Å². The fraction of sp³-hybridized carbons (Fsp3) is 0.200. The number of nitrogens with two attached hydrogens (primary N) is 1. The highest BCUT2D eigenvalue weighted by atomic mass is 35.5. The van der Waals surface area contributed by atoms with E-state index in [4.69, 9.17) is 31.5 Å². The van der Waals surface area contributed by atoms with Crippen molar-refractivity contribution in [2.75, 3.05) is 31.4 Å². The highest BCUT2D eigenvalue weighted by Gasteiger charge is 2.15. The van der Waals surface area contributed by atoms with Crippen LogP contribution in [0.5, 0.6) is 17.2 Å². The average Bonchev–Trinajstić information content (AvgIpc) is 2.50. The Kier molecular flexibility index (Phi) is 3.66. The van der Waals surface area contributed by atoms with Crippen LogP contribution in [0.4, 0.5) is 17.1 Å². The largest absolute Gasteiger partial charge is 0.497 e. The average molecular weight is 307 g/mol. The van der Waals surface area contributed by atoms with Crippen LogP contribution in [0, 0.1) is 0 Å². The molecule has 3 rings (SSSR count). The summed E-state index contributed by atoms with van der Waals surface area (Å²) in [5, 5.41) is 3.77. The van der Waals surface area contributed by atoms with Crippen LogP contribution < -0.4 is 25.3 Å². The van der Waals surface area contributed by atoms with E-state index in [2.05, 4.69) is 5.32 Å². The molecule has 21 heavy (non-hydrogen) atoms. The number of halogens is 1. The number of methoxy groups -OCH3 is 1. The van der Waals surface area contributed by atoms with Crippen LogP contribution in [-0.4, -0.2) is 20.3 Å². The minimum absolute atomic E-state index is 0.524. The van der Waals surface area contributed by atoms with Crippen LogP contribution in [-0.2, 0) is 0 Å². The molecule has 110 valence electrons. The van der Waals surface area contributed by atoms with Crippen molar-refractivity contribution in [2.24, 2.45) is 0 Å². The van der Waals surface area contributed by atoms with Crippen molar-refractivity contribution in [3.05, 3.63) is 35.4 Å². The number of rotatable bonds is 3. The fourth-order valence-electron chi connectivity index (χ4n) is 2.08. The summed E-state index contributed by atoms with van der Waals surface area (Å²) in [5.74, 6) is 2.02. The number of ether oxygens (including phenoxy) is 3. The Balaban J connectivity index is 1.94. The van der Waals surface area contributed by atoms with Crippen molar-refractivity contribution < 1.29 is 14.2 Å². The zero-order valence-electron chi connectivity index (χ0n) is 11.5. The molecule has 2 aromatic rings. The smallest absolute Gasteiger partial charge is 0.163 e. The number of nitrogens with one attached hydrogen (secondary N) is 1. The maximum Gasteiger partial charge on any atom is 0.163 e. The Bertz CT molecular complexity index is 676. The minimum Gasteiger partial charge on any atom is -0.497 e. The highest BCUT2D eigenvalue weighted by Crippen LogP contribution is 2.39. The number of fused-ring (bicyclic) bond motifs is 1. The van der Waals surface area contributed by atoms with Gasteiger partial charge in [-0.05, 0) is 12.1 Å². The molecule has 0 saturated heterocycles. The predicted molar refractivity (Wildman–Crippen MR) is 83.1 cm³/mol. The Labute approximate surface area is 127 Å². The van der Waals surface area contributed by atoms with Crippen LogP contribution in [0.3, 0.4) is 0 Å². The van der Waals surface area contributed by atoms with Crippen molar-refractivity contribution in [1.82, 2.24) is 0 Å². The summed E-state index contributed by atoms with van der Waals surface area (Å²) in [4.78, 5) is 0. The molecule has 2 aromatic carbocycles. The first-order chi connectivity index (χ1) is 10.2. The molecular weight excluding hydrogens is 292 g/mol. The van der Waals surface area contributed by atoms with Gasteiger partial charge in [0.2, 0.25) is 0 Å². The van der Waals surface area contributed by atoms with Gasteiger partial charge in [0.05, 0.1) is 29.2 Å². The topological polar surface area (TPSA) is 65.7 Å². The number of nitrogen functional groups attached to an aromatic ring is 1. The van der Waals surface area contributed by atoms with E-state index >= 15 is 0 Å². The number of hydrogen-bond donors (Lipinski definition) is 2. The van der Waals surface area contributed by atoms with Gasteiger partial charge >= 0.3 is 0 Å². The van der Waals surface area contributed by atoms with E-state index in [9.17, 15) is 0 Å². The molecule has 0 bridgehead atoms. The second kappa shape index (κ2) is 5.61. The first-order valence-corrected chi connectivity index (χ1v) is 6.85. The summed E-state index contributed by atoms with van der Waals surface area (Å²) in [6.45, 7) is 1.05. The lowest BCUT2D eigenvalue weighted by Gasteiger charge is -2.21. The Morgan fingerprint density at radius 2 is 1.81 bits per heavy atom. The van der Waals surface area contributed by atoms with E-state index in [1.807, 2.05) is 0 Å². The molecular formula is C15H15ClN2O3. The minimum atomic E-state index is 0.524. The zero-order valence-corrected chi connectivity index (χ0v) is 12.2. The maximum atomic E-state index is 6.18. The fourth-order valence-corrected chi connectivity index (χ4v) is 2.25. The molecule has 1 heterocycles. The van der Waals surface area contributed by atoms with Crippen molar-refractivity contribution >= 4 is 28.7 Å². The van der Waals surface area contributed by atoms with Crippen molar-refractivity contribution in [3.8, 4) is 17.2 Å². The van der Waals surface area contributed by atoms with E-state index < -0.39 is 0 Å². The second-order valence-electron chi connectivity index (χ2n) is 4.55. The van der Waals surface area contributed by atoms with Gasteiger partial charge in [0, 0.05) is 18.2 Å². The van der Waals surface area contributed by atoms with Crippen molar-refractivity contribution in [1.29, 1.82) is 0 Å². The van der Waals surface area contributed by atoms with E-state index in [1.54, 1.807) is 37.4 Å². The van der Waals surface area contributed by atoms with Crippen LogP contribution in [0.2, 0.25) is 5.02 Å². The molecule has 0 unspecified atom stereocenters. The van der Waals surface area contributed by atoms with E-state index in [1.165, 1.54) is 0 Å². The highest BCUT2D eigenvalue weighted by molar-refractivity contribution is 6.33. The van der Waals surface area contributed by atoms with E-state index in [-0.39, 0.29) is 0 Å². The van der Waals surface area contributed by atoms with Gasteiger partial charge in [0.25, 0.3) is 0 Å². The molecule has 0 spiro atoms. The van der Waals surface area contributed by atoms with Crippen LogP contribution in [0.1, 0.15) is 0 Å². The van der Waals surface area contributed by atoms with E-state index in [0.717, 1.165) is 0 Å². The van der Waals surface area contributed by atoms with Crippen LogP contribution in [0.15, 0.2) is 30.3 Å². The first kappa shape index (κ1) is 13.7. The van der Waals surface area contributed by atoms with E-state index in [0.29, 0.717) is 52.5 Å². The third-order valence-electron chi connectivity index (χ3n) is 3.16. The lowest BCUT2D eigenvalue weighted by molar-refractivity contribution is 0.172. The predicted octanol–water partition coefficient (Wildman–Crippen LogP) is 3.45. The maximum absolute atomic E-state index is 6.18. The third kappa shape index (κ3) is 2.78. The molecule has 0 amide bonds. The summed E-state index contributed by atoms with van der Waals surface area (Å²) in [6.07, 6.45) is 0. The number of anilines is 3. The Morgan fingerprint density at radius 3 is 2.52 bits per heavy atom.